The van der Waals surface area contributed by atoms with Crippen molar-refractivity contribution in [3.05, 3.63) is 40.0 Å². The number of benzene rings is 1. The monoisotopic (exact) mass is 315 g/mol. The Labute approximate surface area is 127 Å². The quantitative estimate of drug-likeness (QED) is 0.805. The van der Waals surface area contributed by atoms with Crippen molar-refractivity contribution in [3.63, 3.8) is 0 Å². The highest BCUT2D eigenvalue weighted by molar-refractivity contribution is 6.36. The predicted octanol–water partition coefficient (Wildman–Crippen LogP) is 4.37. The predicted molar refractivity (Wildman–Crippen MR) is 80.7 cm³/mol. The molecule has 0 amide bonds. The average molecular weight is 316 g/mol. The van der Waals surface area contributed by atoms with E-state index in [2.05, 4.69) is 16.9 Å². The third-order valence-electron chi connectivity index (χ3n) is 3.20. The summed E-state index contributed by atoms with van der Waals surface area (Å²) in [6, 6.07) is 2.69. The van der Waals surface area contributed by atoms with Crippen LogP contribution in [0.25, 0.3) is 11.3 Å². The first-order chi connectivity index (χ1) is 9.56. The number of rotatable bonds is 5. The van der Waals surface area contributed by atoms with Gasteiger partial charge in [-0.25, -0.2) is 9.37 Å². The van der Waals surface area contributed by atoms with Crippen LogP contribution < -0.4 is 5.73 Å². The van der Waals surface area contributed by atoms with Crippen molar-refractivity contribution in [2.75, 3.05) is 6.54 Å². The topological polar surface area (TPSA) is 54.7 Å². The number of aromatic nitrogens is 2. The van der Waals surface area contributed by atoms with Gasteiger partial charge in [0.25, 0.3) is 0 Å². The molecule has 0 radical (unpaired) electrons. The van der Waals surface area contributed by atoms with Crippen LogP contribution in [-0.4, -0.2) is 16.5 Å². The van der Waals surface area contributed by atoms with Crippen LogP contribution in [0.5, 0.6) is 0 Å². The standard InChI is InChI=1S/C14H16Cl2FN3/c1-2-3-8(6-18)14-19-7-13(20-14)9-4-12(17)11(16)5-10(9)15/h4-5,7-8H,2-3,6,18H2,1H3,(H,19,20). The molecule has 0 aliphatic carbocycles. The summed E-state index contributed by atoms with van der Waals surface area (Å²) in [5, 5.41) is 0.385. The summed E-state index contributed by atoms with van der Waals surface area (Å²) in [5.74, 6) is 0.464. The van der Waals surface area contributed by atoms with Gasteiger partial charge in [0.1, 0.15) is 11.6 Å². The number of nitrogens with two attached hydrogens (primary N) is 1. The van der Waals surface area contributed by atoms with E-state index in [-0.39, 0.29) is 10.9 Å². The van der Waals surface area contributed by atoms with E-state index in [1.807, 2.05) is 0 Å². The molecular weight excluding hydrogens is 300 g/mol. The van der Waals surface area contributed by atoms with E-state index in [0.717, 1.165) is 18.7 Å². The minimum Gasteiger partial charge on any atom is -0.342 e. The van der Waals surface area contributed by atoms with Crippen molar-refractivity contribution in [1.29, 1.82) is 0 Å². The first-order valence-corrected chi connectivity index (χ1v) is 7.22. The second kappa shape index (κ2) is 6.57. The molecule has 3 nitrogen and oxygen atoms in total. The fourth-order valence-corrected chi connectivity index (χ4v) is 2.61. The molecule has 1 aromatic heterocycles. The molecule has 108 valence electrons. The molecule has 0 spiro atoms. The molecule has 0 aliphatic rings. The van der Waals surface area contributed by atoms with Crippen LogP contribution >= 0.6 is 23.2 Å². The molecule has 2 aromatic rings. The Morgan fingerprint density at radius 2 is 2.10 bits per heavy atom. The SMILES string of the molecule is CCCC(CN)c1ncc(-c2cc(F)c(Cl)cc2Cl)[nH]1. The van der Waals surface area contributed by atoms with E-state index in [1.165, 1.54) is 12.1 Å². The second-order valence-corrected chi connectivity index (χ2v) is 5.46. The van der Waals surface area contributed by atoms with Crippen LogP contribution in [0.1, 0.15) is 31.5 Å². The number of halogens is 3. The van der Waals surface area contributed by atoms with Crippen molar-refractivity contribution >= 4 is 23.2 Å². The molecule has 0 fully saturated rings. The zero-order chi connectivity index (χ0) is 14.7. The molecule has 3 N–H and O–H groups in total. The van der Waals surface area contributed by atoms with E-state index >= 15 is 0 Å². The van der Waals surface area contributed by atoms with E-state index < -0.39 is 5.82 Å². The van der Waals surface area contributed by atoms with Crippen molar-refractivity contribution < 1.29 is 4.39 Å². The molecule has 1 aromatic carbocycles. The molecule has 1 heterocycles. The molecule has 20 heavy (non-hydrogen) atoms. The van der Waals surface area contributed by atoms with Crippen LogP contribution in [0.3, 0.4) is 0 Å². The fraction of sp³-hybridized carbons (Fsp3) is 0.357. The van der Waals surface area contributed by atoms with Crippen LogP contribution in [0.4, 0.5) is 4.39 Å². The summed E-state index contributed by atoms with van der Waals surface area (Å²) in [5.41, 5.74) is 6.95. The highest BCUT2D eigenvalue weighted by Crippen LogP contribution is 2.32. The number of imidazole rings is 1. The highest BCUT2D eigenvalue weighted by Gasteiger charge is 2.15. The Morgan fingerprint density at radius 3 is 2.75 bits per heavy atom. The lowest BCUT2D eigenvalue weighted by molar-refractivity contribution is 0.595. The third-order valence-corrected chi connectivity index (χ3v) is 3.81. The number of hydrogen-bond donors (Lipinski definition) is 2. The van der Waals surface area contributed by atoms with Crippen molar-refractivity contribution in [3.8, 4) is 11.3 Å². The highest BCUT2D eigenvalue weighted by atomic mass is 35.5. The van der Waals surface area contributed by atoms with Gasteiger partial charge in [0.2, 0.25) is 0 Å². The minimum atomic E-state index is -0.508. The Morgan fingerprint density at radius 1 is 1.35 bits per heavy atom. The summed E-state index contributed by atoms with van der Waals surface area (Å²) < 4.78 is 13.6. The molecule has 0 saturated carbocycles. The normalized spacial score (nSPS) is 12.7. The van der Waals surface area contributed by atoms with Gasteiger partial charge in [-0.3, -0.25) is 0 Å². The van der Waals surface area contributed by atoms with E-state index in [1.54, 1.807) is 6.20 Å². The lowest BCUT2D eigenvalue weighted by Crippen LogP contribution is -2.13. The zero-order valence-corrected chi connectivity index (χ0v) is 12.6. The number of H-pyrrole nitrogens is 1. The van der Waals surface area contributed by atoms with Gasteiger partial charge in [0.05, 0.1) is 21.9 Å². The van der Waals surface area contributed by atoms with Gasteiger partial charge < -0.3 is 10.7 Å². The Hall–Kier alpha value is -1.10. The molecule has 0 bridgehead atoms. The van der Waals surface area contributed by atoms with Crippen LogP contribution in [0, 0.1) is 5.82 Å². The van der Waals surface area contributed by atoms with Crippen LogP contribution in [-0.2, 0) is 0 Å². The molecule has 1 atom stereocenters. The summed E-state index contributed by atoms with van der Waals surface area (Å²) >= 11 is 11.8. The Bertz CT molecular complexity index is 598. The first-order valence-electron chi connectivity index (χ1n) is 6.46. The maximum absolute atomic E-state index is 13.6. The molecule has 2 rings (SSSR count). The lowest BCUT2D eigenvalue weighted by Gasteiger charge is -2.10. The fourth-order valence-electron chi connectivity index (χ4n) is 2.12. The van der Waals surface area contributed by atoms with Crippen molar-refractivity contribution in [2.24, 2.45) is 5.73 Å². The second-order valence-electron chi connectivity index (χ2n) is 4.65. The number of nitrogens with one attached hydrogen (secondary N) is 1. The summed E-state index contributed by atoms with van der Waals surface area (Å²) in [4.78, 5) is 7.49. The van der Waals surface area contributed by atoms with Crippen LogP contribution in [0.2, 0.25) is 10.0 Å². The average Bonchev–Trinajstić information content (AvgIpc) is 2.89. The molecule has 1 unspecified atom stereocenters. The number of hydrogen-bond acceptors (Lipinski definition) is 2. The maximum Gasteiger partial charge on any atom is 0.142 e. The van der Waals surface area contributed by atoms with Gasteiger partial charge in [-0.05, 0) is 18.6 Å². The summed E-state index contributed by atoms with van der Waals surface area (Å²) in [6.45, 7) is 2.61. The van der Waals surface area contributed by atoms with E-state index in [9.17, 15) is 4.39 Å². The maximum atomic E-state index is 13.6. The van der Waals surface area contributed by atoms with Crippen LogP contribution in [0.15, 0.2) is 18.3 Å². The lowest BCUT2D eigenvalue weighted by atomic mass is 10.0. The number of aromatic amines is 1. The largest absolute Gasteiger partial charge is 0.342 e. The van der Waals surface area contributed by atoms with Gasteiger partial charge in [0, 0.05) is 18.0 Å². The zero-order valence-electron chi connectivity index (χ0n) is 11.1. The van der Waals surface area contributed by atoms with Gasteiger partial charge in [0.15, 0.2) is 0 Å². The first kappa shape index (κ1) is 15.3. The van der Waals surface area contributed by atoms with Crippen molar-refractivity contribution in [1.82, 2.24) is 9.97 Å². The molecular formula is C14H16Cl2FN3. The Kier molecular flexibility index (Phi) is 5.02. The van der Waals surface area contributed by atoms with Gasteiger partial charge in [-0.2, -0.15) is 0 Å². The number of nitrogens with zero attached hydrogens (tertiary/aromatic N) is 1. The van der Waals surface area contributed by atoms with E-state index in [0.29, 0.717) is 22.8 Å². The van der Waals surface area contributed by atoms with Gasteiger partial charge in [-0.1, -0.05) is 36.5 Å². The van der Waals surface area contributed by atoms with Gasteiger partial charge >= 0.3 is 0 Å². The van der Waals surface area contributed by atoms with Crippen molar-refractivity contribution in [2.45, 2.75) is 25.7 Å². The smallest absolute Gasteiger partial charge is 0.142 e. The molecule has 0 aliphatic heterocycles. The summed E-state index contributed by atoms with van der Waals surface area (Å²) in [7, 11) is 0. The van der Waals surface area contributed by atoms with Gasteiger partial charge in [-0.15, -0.1) is 0 Å². The third kappa shape index (κ3) is 3.14. The minimum absolute atomic E-state index is 0.00399. The van der Waals surface area contributed by atoms with E-state index in [4.69, 9.17) is 28.9 Å². The molecule has 0 saturated heterocycles. The Balaban J connectivity index is 2.35. The molecule has 6 heteroatoms. The summed E-state index contributed by atoms with van der Waals surface area (Å²) in [6.07, 6.45) is 3.61.